The summed E-state index contributed by atoms with van der Waals surface area (Å²) >= 11 is 0. The lowest BCUT2D eigenvalue weighted by Crippen LogP contribution is -2.47. The quantitative estimate of drug-likeness (QED) is 0.825. The van der Waals surface area contributed by atoms with Gasteiger partial charge in [0.25, 0.3) is 0 Å². The van der Waals surface area contributed by atoms with Gasteiger partial charge in [-0.2, -0.15) is 0 Å². The Bertz CT molecular complexity index is 393. The van der Waals surface area contributed by atoms with E-state index in [-0.39, 0.29) is 12.1 Å². The van der Waals surface area contributed by atoms with Crippen LogP contribution in [0.4, 0.5) is 0 Å². The van der Waals surface area contributed by atoms with Crippen molar-refractivity contribution in [2.75, 3.05) is 33.3 Å². The summed E-state index contributed by atoms with van der Waals surface area (Å²) in [5.74, 6) is 1.11. The summed E-state index contributed by atoms with van der Waals surface area (Å²) in [5.41, 5.74) is 0. The first-order chi connectivity index (χ1) is 9.76. The van der Waals surface area contributed by atoms with E-state index < -0.39 is 0 Å². The predicted octanol–water partition coefficient (Wildman–Crippen LogP) is 1.66. The Labute approximate surface area is 122 Å². The van der Waals surface area contributed by atoms with Gasteiger partial charge in [0.2, 0.25) is 0 Å². The molecule has 0 amide bonds. The zero-order chi connectivity index (χ0) is 14.4. The highest BCUT2D eigenvalue weighted by atomic mass is 16.5. The Morgan fingerprint density at radius 2 is 2.30 bits per heavy atom. The first kappa shape index (κ1) is 15.5. The van der Waals surface area contributed by atoms with Gasteiger partial charge >= 0.3 is 0 Å². The van der Waals surface area contributed by atoms with Crippen molar-refractivity contribution < 1.29 is 4.74 Å². The molecule has 2 rings (SSSR count). The zero-order valence-electron chi connectivity index (χ0n) is 13.0. The van der Waals surface area contributed by atoms with Gasteiger partial charge in [0.1, 0.15) is 5.82 Å². The van der Waals surface area contributed by atoms with E-state index in [0.717, 1.165) is 51.5 Å². The largest absolute Gasteiger partial charge is 0.373 e. The second-order valence-electron chi connectivity index (χ2n) is 5.58. The van der Waals surface area contributed by atoms with Gasteiger partial charge < -0.3 is 19.5 Å². The number of aryl methyl sites for hydroxylation is 1. The molecule has 1 aromatic rings. The maximum Gasteiger partial charge on any atom is 0.128 e. The van der Waals surface area contributed by atoms with E-state index in [9.17, 15) is 0 Å². The Balaban J connectivity index is 2.15. The van der Waals surface area contributed by atoms with Crippen molar-refractivity contribution in [3.05, 3.63) is 18.2 Å². The molecule has 0 aliphatic carbocycles. The minimum absolute atomic E-state index is 0.179. The van der Waals surface area contributed by atoms with Crippen LogP contribution in [0.3, 0.4) is 0 Å². The highest BCUT2D eigenvalue weighted by Crippen LogP contribution is 2.21. The number of rotatable bonds is 7. The molecule has 0 bridgehead atoms. The maximum atomic E-state index is 6.01. The monoisotopic (exact) mass is 280 g/mol. The van der Waals surface area contributed by atoms with Crippen LogP contribution in [0, 0.1) is 0 Å². The molecule has 1 N–H and O–H groups in total. The number of imidazole rings is 1. The van der Waals surface area contributed by atoms with Crippen molar-refractivity contribution in [1.82, 2.24) is 19.8 Å². The highest BCUT2D eigenvalue weighted by molar-refractivity contribution is 5.04. The van der Waals surface area contributed by atoms with Crippen molar-refractivity contribution >= 4 is 0 Å². The summed E-state index contributed by atoms with van der Waals surface area (Å²) in [6, 6.07) is 0.180. The number of ether oxygens (including phenoxy) is 1. The van der Waals surface area contributed by atoms with Gasteiger partial charge in [0.05, 0.1) is 18.8 Å². The van der Waals surface area contributed by atoms with Crippen molar-refractivity contribution in [2.24, 2.45) is 0 Å². The van der Waals surface area contributed by atoms with Gasteiger partial charge in [-0.3, -0.25) is 0 Å². The fraction of sp³-hybridized carbons (Fsp3) is 0.800. The summed E-state index contributed by atoms with van der Waals surface area (Å²) < 4.78 is 8.26. The fourth-order valence-electron chi connectivity index (χ4n) is 2.73. The molecular formula is C15H28N4O. The Morgan fingerprint density at radius 3 is 3.00 bits per heavy atom. The Kier molecular flexibility index (Phi) is 6.01. The van der Waals surface area contributed by atoms with Crippen LogP contribution in [0.25, 0.3) is 0 Å². The third kappa shape index (κ3) is 3.81. The average Bonchev–Trinajstić information content (AvgIpc) is 2.88. The van der Waals surface area contributed by atoms with Crippen LogP contribution in [-0.4, -0.2) is 53.8 Å². The third-order valence-electron chi connectivity index (χ3n) is 3.77. The number of likely N-dealkylation sites (N-methyl/N-ethyl adjacent to an activating group) is 1. The smallest absolute Gasteiger partial charge is 0.128 e. The van der Waals surface area contributed by atoms with E-state index in [1.165, 1.54) is 0 Å². The van der Waals surface area contributed by atoms with E-state index in [1.807, 2.05) is 6.20 Å². The van der Waals surface area contributed by atoms with E-state index in [4.69, 9.17) is 4.74 Å². The van der Waals surface area contributed by atoms with Gasteiger partial charge in [-0.05, 0) is 26.4 Å². The molecule has 0 saturated carbocycles. The number of morpholine rings is 1. The average molecular weight is 280 g/mol. The van der Waals surface area contributed by atoms with Crippen molar-refractivity contribution in [1.29, 1.82) is 0 Å². The Hall–Kier alpha value is -0.910. The number of nitrogens with one attached hydrogen (secondary N) is 1. The van der Waals surface area contributed by atoms with Crippen LogP contribution in [0.5, 0.6) is 0 Å². The van der Waals surface area contributed by atoms with Gasteiger partial charge in [0.15, 0.2) is 0 Å². The number of hydrogen-bond donors (Lipinski definition) is 1. The summed E-state index contributed by atoms with van der Waals surface area (Å²) in [6.07, 6.45) is 6.39. The topological polar surface area (TPSA) is 42.3 Å². The van der Waals surface area contributed by atoms with Gasteiger partial charge in [-0.15, -0.1) is 0 Å². The molecule has 2 heterocycles. The lowest BCUT2D eigenvalue weighted by atomic mass is 10.1. The molecule has 20 heavy (non-hydrogen) atoms. The Morgan fingerprint density at radius 1 is 1.45 bits per heavy atom. The molecule has 1 aromatic heterocycles. The first-order valence-corrected chi connectivity index (χ1v) is 7.80. The van der Waals surface area contributed by atoms with E-state index in [1.54, 1.807) is 0 Å². The van der Waals surface area contributed by atoms with Crippen molar-refractivity contribution in [3.8, 4) is 0 Å². The summed E-state index contributed by atoms with van der Waals surface area (Å²) in [7, 11) is 2.16. The molecule has 0 aromatic carbocycles. The van der Waals surface area contributed by atoms with Crippen LogP contribution in [-0.2, 0) is 11.3 Å². The van der Waals surface area contributed by atoms with E-state index in [0.29, 0.717) is 0 Å². The second-order valence-corrected chi connectivity index (χ2v) is 5.58. The normalized spacial score (nSPS) is 22.1. The standard InChI is InChI=1S/C15H28N4O/c1-4-6-16-14(13-12-18(3)10-11-20-13)15-17-7-9-19(15)8-5-2/h7,9,13-14,16H,4-6,8,10-12H2,1-3H3. The summed E-state index contributed by atoms with van der Waals surface area (Å²) in [5, 5.41) is 3.63. The van der Waals surface area contributed by atoms with Gasteiger partial charge in [-0.25, -0.2) is 4.98 Å². The molecule has 0 spiro atoms. The fourth-order valence-corrected chi connectivity index (χ4v) is 2.73. The van der Waals surface area contributed by atoms with E-state index in [2.05, 4.69) is 46.9 Å². The maximum absolute atomic E-state index is 6.01. The number of hydrogen-bond acceptors (Lipinski definition) is 4. The molecule has 2 unspecified atom stereocenters. The lowest BCUT2D eigenvalue weighted by molar-refractivity contribution is -0.0412. The molecule has 114 valence electrons. The molecule has 1 saturated heterocycles. The molecule has 2 atom stereocenters. The van der Waals surface area contributed by atoms with Crippen molar-refractivity contribution in [2.45, 2.75) is 45.4 Å². The summed E-state index contributed by atoms with van der Waals surface area (Å²) in [4.78, 5) is 6.93. The highest BCUT2D eigenvalue weighted by Gasteiger charge is 2.30. The van der Waals surface area contributed by atoms with E-state index >= 15 is 0 Å². The van der Waals surface area contributed by atoms with Gasteiger partial charge in [0, 0.05) is 32.0 Å². The number of aromatic nitrogens is 2. The van der Waals surface area contributed by atoms with Gasteiger partial charge in [-0.1, -0.05) is 13.8 Å². The molecule has 1 aliphatic heterocycles. The van der Waals surface area contributed by atoms with Crippen LogP contribution in [0.1, 0.15) is 38.6 Å². The van der Waals surface area contributed by atoms with Crippen LogP contribution in [0.2, 0.25) is 0 Å². The van der Waals surface area contributed by atoms with Crippen LogP contribution in [0.15, 0.2) is 12.4 Å². The van der Waals surface area contributed by atoms with Crippen LogP contribution < -0.4 is 5.32 Å². The molecule has 1 aliphatic rings. The van der Waals surface area contributed by atoms with Crippen molar-refractivity contribution in [3.63, 3.8) is 0 Å². The first-order valence-electron chi connectivity index (χ1n) is 7.80. The zero-order valence-corrected chi connectivity index (χ0v) is 13.0. The molecular weight excluding hydrogens is 252 g/mol. The number of nitrogens with zero attached hydrogens (tertiary/aromatic N) is 3. The van der Waals surface area contributed by atoms with Crippen LogP contribution >= 0.6 is 0 Å². The SMILES string of the molecule is CCCNC(c1nccn1CCC)C1CN(C)CCO1. The lowest BCUT2D eigenvalue weighted by Gasteiger charge is -2.35. The summed E-state index contributed by atoms with van der Waals surface area (Å²) in [6.45, 7) is 9.18. The molecule has 5 nitrogen and oxygen atoms in total. The predicted molar refractivity (Wildman–Crippen MR) is 80.8 cm³/mol. The third-order valence-corrected chi connectivity index (χ3v) is 3.77. The molecule has 0 radical (unpaired) electrons. The minimum Gasteiger partial charge on any atom is -0.373 e. The minimum atomic E-state index is 0.179. The molecule has 1 fully saturated rings. The molecule has 5 heteroatoms. The second kappa shape index (κ2) is 7.76.